The topological polar surface area (TPSA) is 43.8 Å². The molecule has 2 N–H and O–H groups in total. The monoisotopic (exact) mass is 179 g/mol. The van der Waals surface area contributed by atoms with Crippen LogP contribution in [0.3, 0.4) is 0 Å². The van der Waals surface area contributed by atoms with E-state index in [0.717, 1.165) is 5.69 Å². The molecule has 72 valence electrons. The SMILES string of the molecule is Cc1cn(C)nc1C(N)C1(C)CC1. The molecule has 1 aliphatic carbocycles. The van der Waals surface area contributed by atoms with Crippen molar-refractivity contribution in [3.05, 3.63) is 17.5 Å². The van der Waals surface area contributed by atoms with E-state index in [1.807, 2.05) is 17.9 Å². The molecule has 0 radical (unpaired) electrons. The molecule has 1 aliphatic rings. The Labute approximate surface area is 78.9 Å². The van der Waals surface area contributed by atoms with Gasteiger partial charge >= 0.3 is 0 Å². The summed E-state index contributed by atoms with van der Waals surface area (Å²) in [5.74, 6) is 0. The zero-order valence-corrected chi connectivity index (χ0v) is 8.54. The fourth-order valence-electron chi connectivity index (χ4n) is 1.77. The van der Waals surface area contributed by atoms with E-state index in [4.69, 9.17) is 5.73 Å². The van der Waals surface area contributed by atoms with Crippen molar-refractivity contribution in [3.63, 3.8) is 0 Å². The summed E-state index contributed by atoms with van der Waals surface area (Å²) in [6.45, 7) is 4.32. The Bertz CT molecular complexity index is 323. The summed E-state index contributed by atoms with van der Waals surface area (Å²) >= 11 is 0. The highest BCUT2D eigenvalue weighted by atomic mass is 15.3. The Kier molecular flexibility index (Phi) is 1.74. The Balaban J connectivity index is 2.29. The predicted molar refractivity (Wildman–Crippen MR) is 52.2 cm³/mol. The van der Waals surface area contributed by atoms with Gasteiger partial charge in [0.25, 0.3) is 0 Å². The van der Waals surface area contributed by atoms with Crippen LogP contribution in [-0.2, 0) is 7.05 Å². The van der Waals surface area contributed by atoms with E-state index >= 15 is 0 Å². The Morgan fingerprint density at radius 3 is 2.62 bits per heavy atom. The van der Waals surface area contributed by atoms with Crippen molar-refractivity contribution in [2.24, 2.45) is 18.2 Å². The molecular weight excluding hydrogens is 162 g/mol. The van der Waals surface area contributed by atoms with Crippen LogP contribution in [0.1, 0.15) is 37.1 Å². The predicted octanol–water partition coefficient (Wildman–Crippen LogP) is 1.53. The minimum atomic E-state index is 0.119. The van der Waals surface area contributed by atoms with Crippen LogP contribution in [0.2, 0.25) is 0 Å². The average Bonchev–Trinajstić information content (AvgIpc) is 2.71. The molecule has 3 heteroatoms. The molecule has 0 amide bonds. The zero-order chi connectivity index (χ0) is 9.64. The molecule has 2 rings (SSSR count). The van der Waals surface area contributed by atoms with Crippen molar-refractivity contribution in [2.45, 2.75) is 32.7 Å². The highest BCUT2D eigenvalue weighted by Gasteiger charge is 2.45. The smallest absolute Gasteiger partial charge is 0.0826 e. The molecule has 1 aromatic heterocycles. The van der Waals surface area contributed by atoms with Crippen molar-refractivity contribution in [1.29, 1.82) is 0 Å². The number of aryl methyl sites for hydroxylation is 2. The molecule has 0 aliphatic heterocycles. The summed E-state index contributed by atoms with van der Waals surface area (Å²) in [6, 6.07) is 0.119. The van der Waals surface area contributed by atoms with Crippen LogP contribution in [-0.4, -0.2) is 9.78 Å². The van der Waals surface area contributed by atoms with Gasteiger partial charge in [-0.3, -0.25) is 4.68 Å². The van der Waals surface area contributed by atoms with E-state index < -0.39 is 0 Å². The fraction of sp³-hybridized carbons (Fsp3) is 0.700. The van der Waals surface area contributed by atoms with Gasteiger partial charge in [-0.1, -0.05) is 6.92 Å². The van der Waals surface area contributed by atoms with Crippen LogP contribution >= 0.6 is 0 Å². The Morgan fingerprint density at radius 2 is 2.23 bits per heavy atom. The van der Waals surface area contributed by atoms with Gasteiger partial charge in [0.15, 0.2) is 0 Å². The molecule has 13 heavy (non-hydrogen) atoms. The average molecular weight is 179 g/mol. The summed E-state index contributed by atoms with van der Waals surface area (Å²) < 4.78 is 1.84. The van der Waals surface area contributed by atoms with E-state index in [0.29, 0.717) is 5.41 Å². The normalized spacial score (nSPS) is 21.5. The molecule has 0 saturated heterocycles. The lowest BCUT2D eigenvalue weighted by Crippen LogP contribution is -2.21. The van der Waals surface area contributed by atoms with E-state index in [1.165, 1.54) is 18.4 Å². The molecule has 1 fully saturated rings. The van der Waals surface area contributed by atoms with E-state index in [1.54, 1.807) is 0 Å². The quantitative estimate of drug-likeness (QED) is 0.748. The van der Waals surface area contributed by atoms with E-state index in [2.05, 4.69) is 18.9 Å². The third-order valence-electron chi connectivity index (χ3n) is 3.13. The van der Waals surface area contributed by atoms with Crippen molar-refractivity contribution < 1.29 is 0 Å². The third-order valence-corrected chi connectivity index (χ3v) is 3.13. The van der Waals surface area contributed by atoms with Crippen molar-refractivity contribution >= 4 is 0 Å². The number of nitrogens with zero attached hydrogens (tertiary/aromatic N) is 2. The molecule has 1 heterocycles. The van der Waals surface area contributed by atoms with Gasteiger partial charge in [0.2, 0.25) is 0 Å². The summed E-state index contributed by atoms with van der Waals surface area (Å²) in [5, 5.41) is 4.41. The zero-order valence-electron chi connectivity index (χ0n) is 8.54. The maximum absolute atomic E-state index is 6.17. The second-order valence-corrected chi connectivity index (χ2v) is 4.50. The summed E-state index contributed by atoms with van der Waals surface area (Å²) in [7, 11) is 1.94. The largest absolute Gasteiger partial charge is 0.322 e. The second kappa shape index (κ2) is 2.58. The highest BCUT2D eigenvalue weighted by molar-refractivity contribution is 5.22. The molecule has 3 nitrogen and oxygen atoms in total. The van der Waals surface area contributed by atoms with Crippen molar-refractivity contribution in [2.75, 3.05) is 0 Å². The lowest BCUT2D eigenvalue weighted by Gasteiger charge is -2.16. The minimum Gasteiger partial charge on any atom is -0.322 e. The molecule has 1 aromatic rings. The molecular formula is C10H17N3. The van der Waals surface area contributed by atoms with Gasteiger partial charge < -0.3 is 5.73 Å². The van der Waals surface area contributed by atoms with Crippen LogP contribution in [0.4, 0.5) is 0 Å². The molecule has 0 aromatic carbocycles. The van der Waals surface area contributed by atoms with Gasteiger partial charge in [0.1, 0.15) is 0 Å². The molecule has 1 saturated carbocycles. The first kappa shape index (κ1) is 8.75. The third kappa shape index (κ3) is 1.37. The van der Waals surface area contributed by atoms with Crippen molar-refractivity contribution in [3.8, 4) is 0 Å². The van der Waals surface area contributed by atoms with Gasteiger partial charge in [-0.05, 0) is 30.7 Å². The standard InChI is InChI=1S/C10H17N3/c1-7-6-13(3)12-8(7)9(11)10(2)4-5-10/h6,9H,4-5,11H2,1-3H3. The van der Waals surface area contributed by atoms with Gasteiger partial charge in [-0.2, -0.15) is 5.10 Å². The molecule has 1 atom stereocenters. The summed E-state index contributed by atoms with van der Waals surface area (Å²) in [5.41, 5.74) is 8.77. The highest BCUT2D eigenvalue weighted by Crippen LogP contribution is 2.53. The molecule has 0 spiro atoms. The fourth-order valence-corrected chi connectivity index (χ4v) is 1.77. The van der Waals surface area contributed by atoms with Gasteiger partial charge in [0, 0.05) is 13.2 Å². The number of nitrogens with two attached hydrogens (primary N) is 1. The first-order valence-electron chi connectivity index (χ1n) is 4.79. The molecule has 0 bridgehead atoms. The maximum atomic E-state index is 6.17. The lowest BCUT2D eigenvalue weighted by molar-refractivity contribution is 0.436. The summed E-state index contributed by atoms with van der Waals surface area (Å²) in [6.07, 6.45) is 4.51. The van der Waals surface area contributed by atoms with Gasteiger partial charge in [-0.25, -0.2) is 0 Å². The number of aromatic nitrogens is 2. The first-order valence-corrected chi connectivity index (χ1v) is 4.79. The minimum absolute atomic E-state index is 0.119. The lowest BCUT2D eigenvalue weighted by atomic mass is 9.95. The second-order valence-electron chi connectivity index (χ2n) is 4.50. The number of rotatable bonds is 2. The Hall–Kier alpha value is -0.830. The first-order chi connectivity index (χ1) is 6.03. The van der Waals surface area contributed by atoms with Crippen molar-refractivity contribution in [1.82, 2.24) is 9.78 Å². The van der Waals surface area contributed by atoms with Crippen LogP contribution in [0, 0.1) is 12.3 Å². The van der Waals surface area contributed by atoms with E-state index in [-0.39, 0.29) is 6.04 Å². The van der Waals surface area contributed by atoms with Gasteiger partial charge in [-0.15, -0.1) is 0 Å². The van der Waals surface area contributed by atoms with Gasteiger partial charge in [0.05, 0.1) is 11.7 Å². The Morgan fingerprint density at radius 1 is 1.62 bits per heavy atom. The van der Waals surface area contributed by atoms with Crippen LogP contribution < -0.4 is 5.73 Å². The number of hydrogen-bond donors (Lipinski definition) is 1. The van der Waals surface area contributed by atoms with Crippen LogP contribution in [0.25, 0.3) is 0 Å². The van der Waals surface area contributed by atoms with Crippen LogP contribution in [0.15, 0.2) is 6.20 Å². The summed E-state index contributed by atoms with van der Waals surface area (Å²) in [4.78, 5) is 0. The molecule has 1 unspecified atom stereocenters. The van der Waals surface area contributed by atoms with Crippen LogP contribution in [0.5, 0.6) is 0 Å². The van der Waals surface area contributed by atoms with E-state index in [9.17, 15) is 0 Å². The number of hydrogen-bond acceptors (Lipinski definition) is 2. The maximum Gasteiger partial charge on any atom is 0.0826 e.